The Labute approximate surface area is 159 Å². The molecule has 2 atom stereocenters. The van der Waals surface area contributed by atoms with E-state index in [4.69, 9.17) is 10.5 Å². The van der Waals surface area contributed by atoms with Gasteiger partial charge in [-0.25, -0.2) is 0 Å². The molecular formula is C21H25N3O3. The summed E-state index contributed by atoms with van der Waals surface area (Å²) in [6.45, 7) is 2.76. The highest BCUT2D eigenvalue weighted by Crippen LogP contribution is 2.26. The lowest BCUT2D eigenvalue weighted by atomic mass is 10.0. The average Bonchev–Trinajstić information content (AvgIpc) is 3.09. The second-order valence-corrected chi connectivity index (χ2v) is 6.68. The van der Waals surface area contributed by atoms with Crippen molar-refractivity contribution in [1.82, 2.24) is 10.2 Å². The van der Waals surface area contributed by atoms with E-state index in [2.05, 4.69) is 5.32 Å². The van der Waals surface area contributed by atoms with Crippen LogP contribution in [0.15, 0.2) is 48.5 Å². The van der Waals surface area contributed by atoms with Crippen LogP contribution in [0.4, 0.5) is 0 Å². The molecule has 0 unspecified atom stereocenters. The topological polar surface area (TPSA) is 84.7 Å². The van der Waals surface area contributed by atoms with E-state index >= 15 is 0 Å². The molecule has 0 aliphatic carbocycles. The first-order valence-corrected chi connectivity index (χ1v) is 9.12. The molecule has 0 bridgehead atoms. The van der Waals surface area contributed by atoms with E-state index in [0.29, 0.717) is 25.1 Å². The second kappa shape index (κ2) is 8.22. The summed E-state index contributed by atoms with van der Waals surface area (Å²) in [7, 11) is 1.62. The van der Waals surface area contributed by atoms with Crippen molar-refractivity contribution in [2.45, 2.75) is 25.4 Å². The zero-order valence-electron chi connectivity index (χ0n) is 15.6. The summed E-state index contributed by atoms with van der Waals surface area (Å²) in [5, 5.41) is 2.79. The van der Waals surface area contributed by atoms with Crippen molar-refractivity contribution < 1.29 is 14.3 Å². The first kappa shape index (κ1) is 18.9. The second-order valence-electron chi connectivity index (χ2n) is 6.68. The largest absolute Gasteiger partial charge is 0.497 e. The Hall–Kier alpha value is -2.86. The fraction of sp³-hybridized carbons (Fsp3) is 0.333. The number of carbonyl (C=O) groups excluding carboxylic acids is 2. The Morgan fingerprint density at radius 1 is 1.19 bits per heavy atom. The first-order chi connectivity index (χ1) is 13.0. The van der Waals surface area contributed by atoms with E-state index in [9.17, 15) is 9.59 Å². The van der Waals surface area contributed by atoms with Gasteiger partial charge < -0.3 is 20.7 Å². The lowest BCUT2D eigenvalue weighted by Crippen LogP contribution is -2.45. The number of nitrogens with zero attached hydrogens (tertiary/aromatic N) is 1. The van der Waals surface area contributed by atoms with E-state index in [0.717, 1.165) is 16.9 Å². The van der Waals surface area contributed by atoms with E-state index in [1.165, 1.54) is 0 Å². The van der Waals surface area contributed by atoms with Crippen molar-refractivity contribution in [1.29, 1.82) is 0 Å². The number of amides is 2. The first-order valence-electron chi connectivity index (χ1n) is 9.12. The Balaban J connectivity index is 1.87. The predicted molar refractivity (Wildman–Crippen MR) is 105 cm³/mol. The number of likely N-dealkylation sites (N-methyl/N-ethyl adjacent to an activating group) is 1. The summed E-state index contributed by atoms with van der Waals surface area (Å²) in [4.78, 5) is 27.0. The molecule has 1 aliphatic heterocycles. The third-order valence-corrected chi connectivity index (χ3v) is 4.76. The summed E-state index contributed by atoms with van der Waals surface area (Å²) >= 11 is 0. The highest BCUT2D eigenvalue weighted by molar-refractivity contribution is 5.99. The van der Waals surface area contributed by atoms with E-state index in [1.54, 1.807) is 18.1 Å². The van der Waals surface area contributed by atoms with Gasteiger partial charge >= 0.3 is 0 Å². The third-order valence-electron chi connectivity index (χ3n) is 4.76. The van der Waals surface area contributed by atoms with Crippen molar-refractivity contribution in [2.24, 2.45) is 5.73 Å². The molecule has 1 aliphatic rings. The summed E-state index contributed by atoms with van der Waals surface area (Å²) in [6.07, 6.45) is 0.479. The molecule has 1 fully saturated rings. The standard InChI is InChI=1S/C21H25N3O3/c1-3-23-20(25)19-12-17(22)13-24(19)21(26)16-8-4-6-14(10-16)15-7-5-9-18(11-15)27-2/h4-11,17,19H,3,12-13,22H2,1-2H3,(H,23,25)/t17-,19+/m1/s1. The van der Waals surface area contributed by atoms with Gasteiger partial charge in [-0.05, 0) is 48.7 Å². The summed E-state index contributed by atoms with van der Waals surface area (Å²) < 4.78 is 5.28. The summed E-state index contributed by atoms with van der Waals surface area (Å²) in [6, 6.07) is 14.4. The molecule has 0 radical (unpaired) electrons. The van der Waals surface area contributed by atoms with Crippen molar-refractivity contribution in [3.8, 4) is 16.9 Å². The monoisotopic (exact) mass is 367 g/mol. The number of carbonyl (C=O) groups is 2. The smallest absolute Gasteiger partial charge is 0.254 e. The maximum atomic E-state index is 13.1. The van der Waals surface area contributed by atoms with Crippen molar-refractivity contribution in [3.63, 3.8) is 0 Å². The van der Waals surface area contributed by atoms with Crippen molar-refractivity contribution in [3.05, 3.63) is 54.1 Å². The molecule has 3 N–H and O–H groups in total. The van der Waals surface area contributed by atoms with Gasteiger partial charge in [0.15, 0.2) is 0 Å². The van der Waals surface area contributed by atoms with Crippen LogP contribution in [0.2, 0.25) is 0 Å². The minimum atomic E-state index is -0.520. The maximum absolute atomic E-state index is 13.1. The molecule has 6 nitrogen and oxygen atoms in total. The molecular weight excluding hydrogens is 342 g/mol. The van der Waals surface area contributed by atoms with Gasteiger partial charge in [0, 0.05) is 24.7 Å². The van der Waals surface area contributed by atoms with Gasteiger partial charge in [0.25, 0.3) is 5.91 Å². The van der Waals surface area contributed by atoms with Crippen LogP contribution in [0.3, 0.4) is 0 Å². The number of hydrogen-bond donors (Lipinski definition) is 2. The third kappa shape index (κ3) is 4.11. The SMILES string of the molecule is CCNC(=O)[C@@H]1C[C@@H](N)CN1C(=O)c1cccc(-c2cccc(OC)c2)c1. The molecule has 142 valence electrons. The van der Waals surface area contributed by atoms with Crippen LogP contribution in [0.25, 0.3) is 11.1 Å². The maximum Gasteiger partial charge on any atom is 0.254 e. The molecule has 27 heavy (non-hydrogen) atoms. The fourth-order valence-electron chi connectivity index (χ4n) is 3.43. The van der Waals surface area contributed by atoms with E-state index < -0.39 is 6.04 Å². The van der Waals surface area contributed by atoms with Gasteiger partial charge in [-0.2, -0.15) is 0 Å². The Bertz CT molecular complexity index is 837. The van der Waals surface area contributed by atoms with Crippen LogP contribution >= 0.6 is 0 Å². The Morgan fingerprint density at radius 3 is 2.59 bits per heavy atom. The predicted octanol–water partition coefficient (Wildman–Crippen LogP) is 2.04. The molecule has 2 aromatic rings. The van der Waals surface area contributed by atoms with Crippen LogP contribution < -0.4 is 15.8 Å². The molecule has 2 amide bonds. The average molecular weight is 367 g/mol. The highest BCUT2D eigenvalue weighted by Gasteiger charge is 2.38. The number of ether oxygens (including phenoxy) is 1. The minimum Gasteiger partial charge on any atom is -0.497 e. The van der Waals surface area contributed by atoms with Gasteiger partial charge in [0.05, 0.1) is 7.11 Å². The van der Waals surface area contributed by atoms with Crippen LogP contribution in [0.1, 0.15) is 23.7 Å². The Morgan fingerprint density at radius 2 is 1.89 bits per heavy atom. The molecule has 0 aromatic heterocycles. The fourth-order valence-corrected chi connectivity index (χ4v) is 3.43. The normalized spacial score (nSPS) is 19.0. The van der Waals surface area contributed by atoms with Gasteiger partial charge in [-0.3, -0.25) is 9.59 Å². The van der Waals surface area contributed by atoms with Crippen LogP contribution in [-0.4, -0.2) is 49.0 Å². The molecule has 0 saturated carbocycles. The number of rotatable bonds is 5. The summed E-state index contributed by atoms with van der Waals surface area (Å²) in [5.41, 5.74) is 8.45. The molecule has 6 heteroatoms. The number of nitrogens with one attached hydrogen (secondary N) is 1. The van der Waals surface area contributed by atoms with Gasteiger partial charge in [0.1, 0.15) is 11.8 Å². The number of likely N-dealkylation sites (tertiary alicyclic amines) is 1. The van der Waals surface area contributed by atoms with E-state index in [1.807, 2.05) is 49.4 Å². The van der Waals surface area contributed by atoms with Crippen molar-refractivity contribution in [2.75, 3.05) is 20.2 Å². The van der Waals surface area contributed by atoms with Gasteiger partial charge in [0.2, 0.25) is 5.91 Å². The lowest BCUT2D eigenvalue weighted by molar-refractivity contribution is -0.124. The van der Waals surface area contributed by atoms with E-state index in [-0.39, 0.29) is 17.9 Å². The van der Waals surface area contributed by atoms with Gasteiger partial charge in [-0.1, -0.05) is 24.3 Å². The summed E-state index contributed by atoms with van der Waals surface area (Å²) in [5.74, 6) is 0.428. The quantitative estimate of drug-likeness (QED) is 0.847. The van der Waals surface area contributed by atoms with Crippen molar-refractivity contribution >= 4 is 11.8 Å². The lowest BCUT2D eigenvalue weighted by Gasteiger charge is -2.24. The van der Waals surface area contributed by atoms with Crippen LogP contribution in [0.5, 0.6) is 5.75 Å². The number of benzene rings is 2. The number of methoxy groups -OCH3 is 1. The minimum absolute atomic E-state index is 0.150. The molecule has 0 spiro atoms. The zero-order chi connectivity index (χ0) is 19.4. The number of hydrogen-bond acceptors (Lipinski definition) is 4. The molecule has 2 aromatic carbocycles. The van der Waals surface area contributed by atoms with Crippen LogP contribution in [-0.2, 0) is 4.79 Å². The Kier molecular flexibility index (Phi) is 5.76. The number of nitrogens with two attached hydrogens (primary N) is 1. The molecule has 1 heterocycles. The van der Waals surface area contributed by atoms with Crippen LogP contribution in [0, 0.1) is 0 Å². The molecule has 3 rings (SSSR count). The highest BCUT2D eigenvalue weighted by atomic mass is 16.5. The zero-order valence-corrected chi connectivity index (χ0v) is 15.6. The molecule has 1 saturated heterocycles. The van der Waals surface area contributed by atoms with Gasteiger partial charge in [-0.15, -0.1) is 0 Å².